The van der Waals surface area contributed by atoms with Gasteiger partial charge in [0, 0.05) is 35.1 Å². The number of nitrogens with zero attached hydrogens (tertiary/aromatic N) is 2. The maximum absolute atomic E-state index is 13.0. The van der Waals surface area contributed by atoms with Gasteiger partial charge < -0.3 is 20.1 Å². The fourth-order valence-corrected chi connectivity index (χ4v) is 4.45. The number of likely N-dealkylation sites (tertiary alicyclic amines) is 1. The van der Waals surface area contributed by atoms with Crippen LogP contribution in [0.15, 0.2) is 42.5 Å². The number of benzene rings is 2. The molecule has 1 saturated heterocycles. The molecular formula is C22H22ClN4O. The monoisotopic (exact) mass is 393 g/mol. The van der Waals surface area contributed by atoms with E-state index in [4.69, 9.17) is 11.6 Å². The molecule has 6 heteroatoms. The highest BCUT2D eigenvalue weighted by Gasteiger charge is 2.31. The van der Waals surface area contributed by atoms with Crippen LogP contribution >= 0.6 is 11.6 Å². The summed E-state index contributed by atoms with van der Waals surface area (Å²) in [6.07, 6.45) is 1.90. The van der Waals surface area contributed by atoms with Gasteiger partial charge in [-0.3, -0.25) is 4.79 Å². The number of carbonyl (C=O) groups is 1. The number of hydrogen-bond acceptors (Lipinski definition) is 3. The van der Waals surface area contributed by atoms with Crippen molar-refractivity contribution in [3.8, 4) is 0 Å². The second-order valence-electron chi connectivity index (χ2n) is 7.54. The number of piperidine rings is 1. The smallest absolute Gasteiger partial charge is 0.270 e. The van der Waals surface area contributed by atoms with Crippen LogP contribution in [0.2, 0.25) is 5.02 Å². The third-order valence-electron chi connectivity index (χ3n) is 5.92. The first-order chi connectivity index (χ1) is 13.6. The highest BCUT2D eigenvalue weighted by atomic mass is 35.5. The maximum atomic E-state index is 13.0. The number of H-pyrrole nitrogens is 1. The fourth-order valence-electron chi connectivity index (χ4n) is 4.29. The Morgan fingerprint density at radius 3 is 2.75 bits per heavy atom. The number of halogens is 1. The van der Waals surface area contributed by atoms with E-state index in [0.717, 1.165) is 53.1 Å². The molecule has 3 heterocycles. The predicted molar refractivity (Wildman–Crippen MR) is 114 cm³/mol. The molecule has 2 aliphatic rings. The van der Waals surface area contributed by atoms with Crippen LogP contribution in [-0.4, -0.2) is 34.9 Å². The molecule has 0 atom stereocenters. The molecule has 0 unspecified atom stereocenters. The molecule has 3 aromatic rings. The van der Waals surface area contributed by atoms with Gasteiger partial charge >= 0.3 is 0 Å². The summed E-state index contributed by atoms with van der Waals surface area (Å²) < 4.78 is 0. The molecule has 0 spiro atoms. The molecule has 2 aromatic carbocycles. The quantitative estimate of drug-likeness (QED) is 0.658. The molecule has 2 aliphatic heterocycles. The van der Waals surface area contributed by atoms with E-state index in [1.165, 1.54) is 5.69 Å². The molecular weight excluding hydrogens is 372 g/mol. The molecule has 28 heavy (non-hydrogen) atoms. The second kappa shape index (κ2) is 6.74. The first-order valence-electron chi connectivity index (χ1n) is 9.66. The van der Waals surface area contributed by atoms with Crippen molar-refractivity contribution >= 4 is 39.8 Å². The topological polar surface area (TPSA) is 51.4 Å². The number of carbonyl (C=O) groups excluding carboxylic acids is 1. The highest BCUT2D eigenvalue weighted by Crippen LogP contribution is 2.36. The summed E-state index contributed by atoms with van der Waals surface area (Å²) in [5, 5.41) is 5.07. The first kappa shape index (κ1) is 17.4. The molecule has 1 amide bonds. The van der Waals surface area contributed by atoms with Crippen LogP contribution in [0.4, 0.5) is 11.4 Å². The summed E-state index contributed by atoms with van der Waals surface area (Å²) in [5.74, 6) is 0.0640. The number of fused-ring (bicyclic) bond motifs is 2. The van der Waals surface area contributed by atoms with Crippen molar-refractivity contribution in [1.82, 2.24) is 9.88 Å². The Hall–Kier alpha value is -2.66. The molecule has 1 aromatic heterocycles. The Kier molecular flexibility index (Phi) is 4.20. The van der Waals surface area contributed by atoms with E-state index in [0.29, 0.717) is 11.7 Å². The van der Waals surface area contributed by atoms with Gasteiger partial charge in [0.25, 0.3) is 5.91 Å². The molecule has 1 radical (unpaired) electrons. The van der Waals surface area contributed by atoms with E-state index >= 15 is 0 Å². The zero-order chi connectivity index (χ0) is 19.3. The second-order valence-corrected chi connectivity index (χ2v) is 7.95. The Bertz CT molecular complexity index is 1050. The lowest BCUT2D eigenvalue weighted by atomic mass is 10.0. The van der Waals surface area contributed by atoms with Crippen LogP contribution in [-0.2, 0) is 0 Å². The summed E-state index contributed by atoms with van der Waals surface area (Å²) in [6.45, 7) is 5.55. The Balaban J connectivity index is 1.30. The third-order valence-corrected chi connectivity index (χ3v) is 6.33. The Morgan fingerprint density at radius 1 is 1.14 bits per heavy atom. The molecule has 0 aliphatic carbocycles. The number of rotatable bonds is 2. The highest BCUT2D eigenvalue weighted by molar-refractivity contribution is 6.32. The van der Waals surface area contributed by atoms with Gasteiger partial charge in [-0.2, -0.15) is 0 Å². The van der Waals surface area contributed by atoms with Crippen LogP contribution in [0, 0.1) is 13.6 Å². The lowest BCUT2D eigenvalue weighted by Gasteiger charge is -2.37. The first-order valence-corrected chi connectivity index (χ1v) is 10.0. The standard InChI is InChI=1S/C22H22ClN4O/c1-14-16-12-20(25-18(16)7-6-17(14)23)22(28)26-10-8-15(9-11-26)27-13-24-19-4-2-3-5-21(19)27/h2-7,12-13,15,24-25H,8-11H2,1H3. The van der Waals surface area contributed by atoms with E-state index in [1.807, 2.05) is 36.1 Å². The van der Waals surface area contributed by atoms with Gasteiger partial charge in [-0.15, -0.1) is 0 Å². The van der Waals surface area contributed by atoms with Crippen molar-refractivity contribution in [1.29, 1.82) is 0 Å². The van der Waals surface area contributed by atoms with Crippen LogP contribution in [0.1, 0.15) is 28.9 Å². The molecule has 1 fully saturated rings. The minimum absolute atomic E-state index is 0.0640. The van der Waals surface area contributed by atoms with Crippen LogP contribution in [0.3, 0.4) is 0 Å². The van der Waals surface area contributed by atoms with E-state index < -0.39 is 0 Å². The van der Waals surface area contributed by atoms with E-state index in [2.05, 4.69) is 40.1 Å². The summed E-state index contributed by atoms with van der Waals surface area (Å²) >= 11 is 6.22. The van der Waals surface area contributed by atoms with E-state index in [1.54, 1.807) is 0 Å². The molecule has 2 N–H and O–H groups in total. The van der Waals surface area contributed by atoms with Crippen molar-refractivity contribution in [3.63, 3.8) is 0 Å². The average molecular weight is 394 g/mol. The molecule has 5 nitrogen and oxygen atoms in total. The zero-order valence-corrected chi connectivity index (χ0v) is 16.5. The van der Waals surface area contributed by atoms with E-state index in [9.17, 15) is 4.79 Å². The van der Waals surface area contributed by atoms with Gasteiger partial charge in [-0.25, -0.2) is 0 Å². The van der Waals surface area contributed by atoms with E-state index in [-0.39, 0.29) is 5.91 Å². The molecule has 143 valence electrons. The Labute approximate surface area is 169 Å². The Morgan fingerprint density at radius 2 is 1.93 bits per heavy atom. The van der Waals surface area contributed by atoms with Gasteiger partial charge in [0.1, 0.15) is 12.4 Å². The van der Waals surface area contributed by atoms with Crippen molar-refractivity contribution < 1.29 is 4.79 Å². The maximum Gasteiger partial charge on any atom is 0.270 e. The van der Waals surface area contributed by atoms with Crippen molar-refractivity contribution in [2.24, 2.45) is 0 Å². The van der Waals surface area contributed by atoms with Crippen LogP contribution in [0.5, 0.6) is 0 Å². The normalized spacial score (nSPS) is 17.1. The number of aromatic nitrogens is 1. The van der Waals surface area contributed by atoms with Crippen LogP contribution in [0.25, 0.3) is 10.9 Å². The van der Waals surface area contributed by atoms with Gasteiger partial charge in [-0.05, 0) is 55.7 Å². The number of anilines is 2. The molecule has 5 rings (SSSR count). The number of hydrogen-bond donors (Lipinski definition) is 2. The third kappa shape index (κ3) is 2.81. The number of para-hydroxylation sites is 2. The minimum atomic E-state index is 0.0640. The summed E-state index contributed by atoms with van der Waals surface area (Å²) in [7, 11) is 0. The van der Waals surface area contributed by atoms with Crippen molar-refractivity contribution in [3.05, 3.63) is 65.4 Å². The number of aromatic amines is 1. The lowest BCUT2D eigenvalue weighted by Crippen LogP contribution is -2.45. The average Bonchev–Trinajstić information content (AvgIpc) is 3.35. The van der Waals surface area contributed by atoms with Gasteiger partial charge in [0.15, 0.2) is 0 Å². The molecule has 0 bridgehead atoms. The zero-order valence-electron chi connectivity index (χ0n) is 15.7. The van der Waals surface area contributed by atoms with Crippen molar-refractivity contribution in [2.75, 3.05) is 23.3 Å². The minimum Gasteiger partial charge on any atom is -0.360 e. The number of amides is 1. The fraction of sp³-hybridized carbons (Fsp3) is 0.273. The van der Waals surface area contributed by atoms with Gasteiger partial charge in [0.05, 0.1) is 11.4 Å². The SMILES string of the molecule is Cc1c(Cl)ccc2[nH]c(C(=O)N3CCC(N4[CH]Nc5ccccc54)CC3)cc12. The molecule has 0 saturated carbocycles. The number of aryl methyl sites for hydroxylation is 1. The van der Waals surface area contributed by atoms with Crippen LogP contribution < -0.4 is 10.2 Å². The predicted octanol–water partition coefficient (Wildman–Crippen LogP) is 4.79. The lowest BCUT2D eigenvalue weighted by molar-refractivity contribution is 0.0709. The van der Waals surface area contributed by atoms with Gasteiger partial charge in [-0.1, -0.05) is 23.7 Å². The van der Waals surface area contributed by atoms with Gasteiger partial charge in [0.2, 0.25) is 0 Å². The van der Waals surface area contributed by atoms with Crippen molar-refractivity contribution in [2.45, 2.75) is 25.8 Å². The largest absolute Gasteiger partial charge is 0.360 e. The summed E-state index contributed by atoms with van der Waals surface area (Å²) in [6, 6.07) is 14.5. The summed E-state index contributed by atoms with van der Waals surface area (Å²) in [5.41, 5.74) is 4.96. The number of nitrogens with one attached hydrogen (secondary N) is 2. The summed E-state index contributed by atoms with van der Waals surface area (Å²) in [4.78, 5) is 20.5.